The van der Waals surface area contributed by atoms with Crippen molar-refractivity contribution in [1.29, 1.82) is 0 Å². The number of hydrogen-bond acceptors (Lipinski definition) is 1. The summed E-state index contributed by atoms with van der Waals surface area (Å²) in [4.78, 5) is 0. The summed E-state index contributed by atoms with van der Waals surface area (Å²) in [5.41, 5.74) is 4.61. The van der Waals surface area contributed by atoms with Gasteiger partial charge in [-0.3, -0.25) is 0 Å². The molecule has 0 heterocycles. The largest absolute Gasteiger partial charge is 0.391 e. The molecule has 0 radical (unpaired) electrons. The van der Waals surface area contributed by atoms with Crippen LogP contribution in [-0.2, 0) is 5.54 Å². The second-order valence-electron chi connectivity index (χ2n) is 5.53. The number of nitrogens with two attached hydrogens (primary N) is 1. The summed E-state index contributed by atoms with van der Waals surface area (Å²) < 4.78 is 65.8. The molecule has 0 amide bonds. The third-order valence-corrected chi connectivity index (χ3v) is 4.12. The SMILES string of the molecule is Cc1ccc(F)c(C2(N)CCC(C(F)(F)F)CC2)c1F. The lowest BCUT2D eigenvalue weighted by Gasteiger charge is -2.38. The van der Waals surface area contributed by atoms with Crippen LogP contribution in [-0.4, -0.2) is 6.18 Å². The van der Waals surface area contributed by atoms with Crippen molar-refractivity contribution in [3.8, 4) is 0 Å². The lowest BCUT2D eigenvalue weighted by molar-refractivity contribution is -0.184. The Morgan fingerprint density at radius 1 is 1.15 bits per heavy atom. The highest BCUT2D eigenvalue weighted by molar-refractivity contribution is 5.33. The van der Waals surface area contributed by atoms with Gasteiger partial charge in [-0.05, 0) is 44.2 Å². The molecule has 1 saturated carbocycles. The van der Waals surface area contributed by atoms with E-state index in [-0.39, 0.29) is 36.8 Å². The zero-order valence-corrected chi connectivity index (χ0v) is 11.0. The molecule has 0 bridgehead atoms. The second-order valence-corrected chi connectivity index (χ2v) is 5.53. The van der Waals surface area contributed by atoms with Crippen molar-refractivity contribution in [3.05, 3.63) is 34.9 Å². The van der Waals surface area contributed by atoms with Crippen molar-refractivity contribution in [2.24, 2.45) is 11.7 Å². The molecule has 20 heavy (non-hydrogen) atoms. The fourth-order valence-corrected chi connectivity index (χ4v) is 2.82. The first-order valence-corrected chi connectivity index (χ1v) is 6.46. The predicted octanol–water partition coefficient (Wildman–Crippen LogP) is 4.18. The minimum Gasteiger partial charge on any atom is -0.321 e. The summed E-state index contributed by atoms with van der Waals surface area (Å²) >= 11 is 0. The van der Waals surface area contributed by atoms with Gasteiger partial charge in [0.15, 0.2) is 0 Å². The molecule has 0 spiro atoms. The van der Waals surface area contributed by atoms with E-state index in [1.54, 1.807) is 0 Å². The third-order valence-electron chi connectivity index (χ3n) is 4.12. The highest BCUT2D eigenvalue weighted by Crippen LogP contribution is 2.45. The molecule has 1 nitrogen and oxygen atoms in total. The fourth-order valence-electron chi connectivity index (χ4n) is 2.82. The van der Waals surface area contributed by atoms with Crippen LogP contribution in [0.4, 0.5) is 22.0 Å². The Kier molecular flexibility index (Phi) is 3.79. The fraction of sp³-hybridized carbons (Fsp3) is 0.571. The Morgan fingerprint density at radius 2 is 1.70 bits per heavy atom. The van der Waals surface area contributed by atoms with E-state index in [1.807, 2.05) is 0 Å². The number of aryl methyl sites for hydroxylation is 1. The molecule has 0 aromatic heterocycles. The van der Waals surface area contributed by atoms with Gasteiger partial charge in [0.25, 0.3) is 0 Å². The summed E-state index contributed by atoms with van der Waals surface area (Å²) in [6.45, 7) is 1.48. The van der Waals surface area contributed by atoms with E-state index in [9.17, 15) is 22.0 Å². The number of alkyl halides is 3. The predicted molar refractivity (Wildman–Crippen MR) is 65.0 cm³/mol. The number of benzene rings is 1. The van der Waals surface area contributed by atoms with E-state index in [1.165, 1.54) is 13.0 Å². The highest BCUT2D eigenvalue weighted by Gasteiger charge is 2.46. The maximum atomic E-state index is 14.1. The summed E-state index contributed by atoms with van der Waals surface area (Å²) in [5.74, 6) is -2.98. The van der Waals surface area contributed by atoms with Crippen LogP contribution in [0.15, 0.2) is 12.1 Å². The topological polar surface area (TPSA) is 26.0 Å². The van der Waals surface area contributed by atoms with Crippen LogP contribution >= 0.6 is 0 Å². The van der Waals surface area contributed by atoms with Crippen molar-refractivity contribution >= 4 is 0 Å². The Bertz CT molecular complexity index is 501. The third kappa shape index (κ3) is 2.66. The van der Waals surface area contributed by atoms with Crippen LogP contribution < -0.4 is 5.73 Å². The molecule has 2 N–H and O–H groups in total. The summed E-state index contributed by atoms with van der Waals surface area (Å²) in [6.07, 6.45) is -4.83. The van der Waals surface area contributed by atoms with Crippen molar-refractivity contribution < 1.29 is 22.0 Å². The molecule has 2 rings (SSSR count). The smallest absolute Gasteiger partial charge is 0.321 e. The molecule has 1 aliphatic rings. The van der Waals surface area contributed by atoms with Gasteiger partial charge in [0, 0.05) is 11.1 Å². The van der Waals surface area contributed by atoms with E-state index >= 15 is 0 Å². The Hall–Kier alpha value is -1.17. The van der Waals surface area contributed by atoms with E-state index in [2.05, 4.69) is 0 Å². The molecule has 112 valence electrons. The Labute approximate surface area is 114 Å². The molecular formula is C14H16F5N. The number of rotatable bonds is 1. The molecule has 0 atom stereocenters. The van der Waals surface area contributed by atoms with Crippen LogP contribution in [0.2, 0.25) is 0 Å². The molecule has 0 saturated heterocycles. The standard InChI is InChI=1S/C14H16F5N/c1-8-2-3-10(15)11(12(8)16)13(20)6-4-9(5-7-13)14(17,18)19/h2-3,9H,4-7,20H2,1H3. The lowest BCUT2D eigenvalue weighted by atomic mass is 9.72. The van der Waals surface area contributed by atoms with Gasteiger partial charge in [-0.1, -0.05) is 6.07 Å². The number of halogens is 5. The molecular weight excluding hydrogens is 277 g/mol. The monoisotopic (exact) mass is 293 g/mol. The Balaban J connectivity index is 2.29. The summed E-state index contributed by atoms with van der Waals surface area (Å²) in [6, 6.07) is 2.40. The normalized spacial score (nSPS) is 27.6. The van der Waals surface area contributed by atoms with Gasteiger partial charge < -0.3 is 5.73 Å². The summed E-state index contributed by atoms with van der Waals surface area (Å²) in [5, 5.41) is 0. The lowest BCUT2D eigenvalue weighted by Crippen LogP contribution is -2.44. The number of hydrogen-bond donors (Lipinski definition) is 1. The zero-order chi connectivity index (χ0) is 15.1. The van der Waals surface area contributed by atoms with Crippen molar-refractivity contribution in [3.63, 3.8) is 0 Å². The second kappa shape index (κ2) is 4.98. The first-order chi connectivity index (χ1) is 9.15. The first kappa shape index (κ1) is 15.2. The van der Waals surface area contributed by atoms with E-state index in [4.69, 9.17) is 5.73 Å². The van der Waals surface area contributed by atoms with E-state index in [0.717, 1.165) is 6.07 Å². The van der Waals surface area contributed by atoms with Crippen LogP contribution in [0.1, 0.15) is 36.8 Å². The van der Waals surface area contributed by atoms with Gasteiger partial charge in [0.2, 0.25) is 0 Å². The first-order valence-electron chi connectivity index (χ1n) is 6.46. The summed E-state index contributed by atoms with van der Waals surface area (Å²) in [7, 11) is 0. The van der Waals surface area contributed by atoms with Crippen molar-refractivity contribution in [2.75, 3.05) is 0 Å². The van der Waals surface area contributed by atoms with Gasteiger partial charge in [-0.15, -0.1) is 0 Å². The van der Waals surface area contributed by atoms with Gasteiger partial charge in [-0.2, -0.15) is 13.2 Å². The average molecular weight is 293 g/mol. The van der Waals surface area contributed by atoms with Crippen LogP contribution in [0.3, 0.4) is 0 Å². The van der Waals surface area contributed by atoms with Crippen molar-refractivity contribution in [1.82, 2.24) is 0 Å². The van der Waals surface area contributed by atoms with Gasteiger partial charge >= 0.3 is 6.18 Å². The zero-order valence-electron chi connectivity index (χ0n) is 11.0. The Morgan fingerprint density at radius 3 is 2.20 bits per heavy atom. The van der Waals surface area contributed by atoms with Crippen molar-refractivity contribution in [2.45, 2.75) is 44.3 Å². The molecule has 1 aromatic carbocycles. The van der Waals surface area contributed by atoms with Gasteiger partial charge in [0.1, 0.15) is 11.6 Å². The van der Waals surface area contributed by atoms with Gasteiger partial charge in [0.05, 0.1) is 5.92 Å². The molecule has 1 aliphatic carbocycles. The minimum absolute atomic E-state index is 0.0749. The molecule has 1 fully saturated rings. The van der Waals surface area contributed by atoms with Crippen LogP contribution in [0, 0.1) is 24.5 Å². The minimum atomic E-state index is -4.27. The molecule has 1 aromatic rings. The van der Waals surface area contributed by atoms with Gasteiger partial charge in [-0.25, -0.2) is 8.78 Å². The van der Waals surface area contributed by atoms with Crippen LogP contribution in [0.5, 0.6) is 0 Å². The molecule has 6 heteroatoms. The van der Waals surface area contributed by atoms with E-state index < -0.39 is 29.3 Å². The molecule has 0 unspecified atom stereocenters. The van der Waals surface area contributed by atoms with E-state index in [0.29, 0.717) is 0 Å². The van der Waals surface area contributed by atoms with Crippen LogP contribution in [0.25, 0.3) is 0 Å². The molecule has 0 aliphatic heterocycles. The highest BCUT2D eigenvalue weighted by atomic mass is 19.4. The maximum absolute atomic E-state index is 14.1. The quantitative estimate of drug-likeness (QED) is 0.772. The maximum Gasteiger partial charge on any atom is 0.391 e. The average Bonchev–Trinajstić information content (AvgIpc) is 2.33.